The summed E-state index contributed by atoms with van der Waals surface area (Å²) in [5.41, 5.74) is 0.499. The molecule has 8 heteroatoms. The third-order valence-corrected chi connectivity index (χ3v) is 5.39. The number of amides is 1. The molecule has 1 aliphatic heterocycles. The molecule has 0 bridgehead atoms. The van der Waals surface area contributed by atoms with E-state index in [-0.39, 0.29) is 5.91 Å². The monoisotopic (exact) mass is 481 g/mol. The zero-order valence-electron chi connectivity index (χ0n) is 16.8. The summed E-state index contributed by atoms with van der Waals surface area (Å²) in [5.74, 6) is 2.15. The largest absolute Gasteiger partial charge is 0.493 e. The van der Waals surface area contributed by atoms with Crippen molar-refractivity contribution in [2.24, 2.45) is 5.92 Å². The summed E-state index contributed by atoms with van der Waals surface area (Å²) in [5, 5.41) is 0.381. The average Bonchev–Trinajstić information content (AvgIpc) is 2.72. The third kappa shape index (κ3) is 5.34. The number of benzene rings is 1. The predicted octanol–water partition coefficient (Wildman–Crippen LogP) is 4.50. The van der Waals surface area contributed by atoms with Crippen molar-refractivity contribution in [3.05, 3.63) is 45.5 Å². The van der Waals surface area contributed by atoms with Gasteiger partial charge in [0, 0.05) is 42.4 Å². The molecule has 0 saturated carbocycles. The fourth-order valence-electron chi connectivity index (χ4n) is 3.11. The van der Waals surface area contributed by atoms with Crippen LogP contribution >= 0.6 is 27.5 Å². The number of methoxy groups -OCH3 is 1. The lowest BCUT2D eigenvalue weighted by Crippen LogP contribution is -2.49. The summed E-state index contributed by atoms with van der Waals surface area (Å²) in [4.78, 5) is 21.4. The Hall–Kier alpha value is -1.99. The molecule has 0 spiro atoms. The van der Waals surface area contributed by atoms with Crippen molar-refractivity contribution in [2.75, 3.05) is 44.8 Å². The number of pyridine rings is 1. The van der Waals surface area contributed by atoms with Crippen LogP contribution in [0, 0.1) is 5.92 Å². The first-order valence-electron chi connectivity index (χ1n) is 9.55. The number of carbonyl (C=O) groups is 1. The van der Waals surface area contributed by atoms with Gasteiger partial charge in [0.2, 0.25) is 0 Å². The molecule has 1 aromatic carbocycles. The van der Waals surface area contributed by atoms with Gasteiger partial charge >= 0.3 is 0 Å². The van der Waals surface area contributed by atoms with Crippen LogP contribution in [0.4, 0.5) is 5.82 Å². The molecule has 3 rings (SSSR count). The Kier molecular flexibility index (Phi) is 7.24. The molecule has 6 nitrogen and oxygen atoms in total. The molecule has 0 N–H and O–H groups in total. The molecule has 2 aromatic rings. The SMILES string of the molecule is COc1cc(C(=O)N2CCN(c3ccc(Br)cn3)CC2)cc(Cl)c1OCC(C)C. The molecule has 1 aliphatic rings. The Labute approximate surface area is 184 Å². The van der Waals surface area contributed by atoms with E-state index in [0.29, 0.717) is 47.7 Å². The van der Waals surface area contributed by atoms with Gasteiger partial charge in [-0.25, -0.2) is 4.98 Å². The second-order valence-electron chi connectivity index (χ2n) is 7.31. The van der Waals surface area contributed by atoms with Crippen LogP contribution in [0.3, 0.4) is 0 Å². The number of piperazine rings is 1. The van der Waals surface area contributed by atoms with E-state index < -0.39 is 0 Å². The zero-order valence-corrected chi connectivity index (χ0v) is 19.2. The van der Waals surface area contributed by atoms with E-state index in [9.17, 15) is 4.79 Å². The van der Waals surface area contributed by atoms with Gasteiger partial charge in [-0.05, 0) is 46.1 Å². The first-order valence-corrected chi connectivity index (χ1v) is 10.7. The minimum Gasteiger partial charge on any atom is -0.493 e. The van der Waals surface area contributed by atoms with Crippen LogP contribution < -0.4 is 14.4 Å². The van der Waals surface area contributed by atoms with Gasteiger partial charge in [0.15, 0.2) is 11.5 Å². The summed E-state index contributed by atoms with van der Waals surface area (Å²) < 4.78 is 12.1. The van der Waals surface area contributed by atoms with Crippen molar-refractivity contribution < 1.29 is 14.3 Å². The standard InChI is InChI=1S/C21H25BrClN3O3/c1-14(2)13-29-20-17(23)10-15(11-18(20)28-3)21(27)26-8-6-25(7-9-26)19-5-4-16(22)12-24-19/h4-5,10-12,14H,6-9,13H2,1-3H3. The maximum atomic E-state index is 13.0. The van der Waals surface area contributed by atoms with Gasteiger partial charge in [0.25, 0.3) is 5.91 Å². The lowest BCUT2D eigenvalue weighted by atomic mass is 10.1. The van der Waals surface area contributed by atoms with Gasteiger partial charge in [-0.3, -0.25) is 4.79 Å². The molecule has 0 radical (unpaired) electrons. The number of nitrogens with zero attached hydrogens (tertiary/aromatic N) is 3. The van der Waals surface area contributed by atoms with Gasteiger partial charge in [-0.2, -0.15) is 0 Å². The quantitative estimate of drug-likeness (QED) is 0.607. The second kappa shape index (κ2) is 9.67. The van der Waals surface area contributed by atoms with Crippen LogP contribution in [0.15, 0.2) is 34.9 Å². The zero-order chi connectivity index (χ0) is 21.0. The third-order valence-electron chi connectivity index (χ3n) is 4.64. The summed E-state index contributed by atoms with van der Waals surface area (Å²) in [6.45, 7) is 7.31. The van der Waals surface area contributed by atoms with Gasteiger partial charge in [0.1, 0.15) is 5.82 Å². The van der Waals surface area contributed by atoms with E-state index in [2.05, 4.69) is 39.7 Å². The van der Waals surface area contributed by atoms with Crippen LogP contribution in [0.5, 0.6) is 11.5 Å². The molecule has 2 heterocycles. The minimum absolute atomic E-state index is 0.0657. The smallest absolute Gasteiger partial charge is 0.254 e. The summed E-state index contributed by atoms with van der Waals surface area (Å²) in [6.07, 6.45) is 1.78. The van der Waals surface area contributed by atoms with Crippen molar-refractivity contribution in [2.45, 2.75) is 13.8 Å². The molecule has 1 amide bonds. The number of rotatable bonds is 6. The Balaban J connectivity index is 1.69. The van der Waals surface area contributed by atoms with Gasteiger partial charge < -0.3 is 19.3 Å². The first kappa shape index (κ1) is 21.7. The first-order chi connectivity index (χ1) is 13.9. The topological polar surface area (TPSA) is 54.9 Å². The van der Waals surface area contributed by atoms with Crippen molar-refractivity contribution in [1.82, 2.24) is 9.88 Å². The van der Waals surface area contributed by atoms with E-state index in [1.54, 1.807) is 25.4 Å². The van der Waals surface area contributed by atoms with Gasteiger partial charge in [0.05, 0.1) is 18.7 Å². The van der Waals surface area contributed by atoms with Crippen LogP contribution in [0.25, 0.3) is 0 Å². The Bertz CT molecular complexity index is 853. The fourth-order valence-corrected chi connectivity index (χ4v) is 3.61. The average molecular weight is 483 g/mol. The number of hydrogen-bond acceptors (Lipinski definition) is 5. The molecule has 1 fully saturated rings. The van der Waals surface area contributed by atoms with Crippen molar-refractivity contribution in [1.29, 1.82) is 0 Å². The van der Waals surface area contributed by atoms with Crippen molar-refractivity contribution in [3.8, 4) is 11.5 Å². The van der Waals surface area contributed by atoms with Crippen LogP contribution in [0.1, 0.15) is 24.2 Å². The van der Waals surface area contributed by atoms with E-state index in [1.807, 2.05) is 17.0 Å². The van der Waals surface area contributed by atoms with Crippen LogP contribution in [-0.4, -0.2) is 55.7 Å². The van der Waals surface area contributed by atoms with E-state index in [0.717, 1.165) is 23.4 Å². The summed E-state index contributed by atoms with van der Waals surface area (Å²) in [7, 11) is 1.55. The van der Waals surface area contributed by atoms with E-state index in [4.69, 9.17) is 21.1 Å². The molecule has 29 heavy (non-hydrogen) atoms. The second-order valence-corrected chi connectivity index (χ2v) is 8.63. The maximum Gasteiger partial charge on any atom is 0.254 e. The number of halogens is 2. The highest BCUT2D eigenvalue weighted by Crippen LogP contribution is 2.37. The molecular formula is C21H25BrClN3O3. The number of carbonyl (C=O) groups excluding carboxylic acids is 1. The fraction of sp³-hybridized carbons (Fsp3) is 0.429. The molecule has 156 valence electrons. The molecule has 1 aromatic heterocycles. The lowest BCUT2D eigenvalue weighted by Gasteiger charge is -2.35. The summed E-state index contributed by atoms with van der Waals surface area (Å²) >= 11 is 9.80. The molecular weight excluding hydrogens is 458 g/mol. The predicted molar refractivity (Wildman–Crippen MR) is 118 cm³/mol. The van der Waals surface area contributed by atoms with Gasteiger partial charge in [-0.15, -0.1) is 0 Å². The molecule has 0 aliphatic carbocycles. The van der Waals surface area contributed by atoms with Crippen LogP contribution in [0.2, 0.25) is 5.02 Å². The Morgan fingerprint density at radius 1 is 1.24 bits per heavy atom. The highest BCUT2D eigenvalue weighted by molar-refractivity contribution is 9.10. The van der Waals surface area contributed by atoms with Crippen LogP contribution in [-0.2, 0) is 0 Å². The number of hydrogen-bond donors (Lipinski definition) is 0. The number of aromatic nitrogens is 1. The highest BCUT2D eigenvalue weighted by atomic mass is 79.9. The van der Waals surface area contributed by atoms with Crippen molar-refractivity contribution >= 4 is 39.3 Å². The molecule has 0 atom stereocenters. The minimum atomic E-state index is -0.0657. The number of anilines is 1. The van der Waals surface area contributed by atoms with Crippen molar-refractivity contribution in [3.63, 3.8) is 0 Å². The highest BCUT2D eigenvalue weighted by Gasteiger charge is 2.25. The number of ether oxygens (including phenoxy) is 2. The lowest BCUT2D eigenvalue weighted by molar-refractivity contribution is 0.0746. The Morgan fingerprint density at radius 3 is 2.55 bits per heavy atom. The maximum absolute atomic E-state index is 13.0. The Morgan fingerprint density at radius 2 is 1.97 bits per heavy atom. The molecule has 0 unspecified atom stereocenters. The van der Waals surface area contributed by atoms with Gasteiger partial charge in [-0.1, -0.05) is 25.4 Å². The van der Waals surface area contributed by atoms with E-state index in [1.165, 1.54) is 0 Å². The normalized spacial score (nSPS) is 14.3. The molecule has 1 saturated heterocycles. The summed E-state index contributed by atoms with van der Waals surface area (Å²) in [6, 6.07) is 7.30. The van der Waals surface area contributed by atoms with E-state index >= 15 is 0 Å².